The lowest BCUT2D eigenvalue weighted by atomic mass is 9.97. The number of amides is 1. The van der Waals surface area contributed by atoms with Crippen LogP contribution in [0.25, 0.3) is 0 Å². The molecule has 0 saturated carbocycles. The largest absolute Gasteiger partial charge is 0.349 e. The van der Waals surface area contributed by atoms with E-state index in [9.17, 15) is 4.79 Å². The van der Waals surface area contributed by atoms with Crippen molar-refractivity contribution < 1.29 is 4.79 Å². The standard InChI is InChI=1S/C16H23N3O/c20-16(19-12-15-8-4-5-10-18-15)13-17-11-9-14-6-2-1-3-7-14/h4-6,8,10,17H,1-3,7,9,11-13H2,(H,19,20). The quantitative estimate of drug-likeness (QED) is 0.591. The molecule has 20 heavy (non-hydrogen) atoms. The zero-order chi connectivity index (χ0) is 14.0. The molecule has 1 aromatic heterocycles. The number of hydrogen-bond acceptors (Lipinski definition) is 3. The van der Waals surface area contributed by atoms with E-state index in [2.05, 4.69) is 21.7 Å². The van der Waals surface area contributed by atoms with E-state index in [0.29, 0.717) is 13.1 Å². The van der Waals surface area contributed by atoms with Crippen molar-refractivity contribution in [1.29, 1.82) is 0 Å². The van der Waals surface area contributed by atoms with Crippen molar-refractivity contribution in [1.82, 2.24) is 15.6 Å². The van der Waals surface area contributed by atoms with Gasteiger partial charge in [-0.05, 0) is 50.8 Å². The molecule has 1 aromatic rings. The molecule has 0 spiro atoms. The van der Waals surface area contributed by atoms with Crippen molar-refractivity contribution in [2.24, 2.45) is 0 Å². The van der Waals surface area contributed by atoms with Crippen molar-refractivity contribution in [2.45, 2.75) is 38.6 Å². The van der Waals surface area contributed by atoms with E-state index >= 15 is 0 Å². The molecule has 0 fully saturated rings. The first kappa shape index (κ1) is 14.7. The maximum absolute atomic E-state index is 11.7. The molecule has 0 radical (unpaired) electrons. The number of pyridine rings is 1. The van der Waals surface area contributed by atoms with Crippen LogP contribution in [0, 0.1) is 0 Å². The number of carbonyl (C=O) groups is 1. The number of allylic oxidation sites excluding steroid dienone is 1. The fourth-order valence-corrected chi connectivity index (χ4v) is 2.34. The van der Waals surface area contributed by atoms with Crippen LogP contribution in [0.4, 0.5) is 0 Å². The number of carbonyl (C=O) groups excluding carboxylic acids is 1. The molecule has 4 heteroatoms. The highest BCUT2D eigenvalue weighted by Crippen LogP contribution is 2.19. The Kier molecular flexibility index (Phi) is 6.24. The Morgan fingerprint density at radius 1 is 1.30 bits per heavy atom. The highest BCUT2D eigenvalue weighted by molar-refractivity contribution is 5.77. The molecular weight excluding hydrogens is 250 g/mol. The van der Waals surface area contributed by atoms with E-state index < -0.39 is 0 Å². The predicted octanol–water partition coefficient (Wildman–Crippen LogP) is 2.18. The van der Waals surface area contributed by atoms with Crippen molar-refractivity contribution in [3.63, 3.8) is 0 Å². The average Bonchev–Trinajstić information content (AvgIpc) is 2.52. The Labute approximate surface area is 120 Å². The monoisotopic (exact) mass is 273 g/mol. The second-order valence-corrected chi connectivity index (χ2v) is 5.13. The summed E-state index contributed by atoms with van der Waals surface area (Å²) < 4.78 is 0. The van der Waals surface area contributed by atoms with Gasteiger partial charge in [-0.15, -0.1) is 0 Å². The SMILES string of the molecule is O=C(CNCCC1=CCCCC1)NCc1ccccn1. The van der Waals surface area contributed by atoms with E-state index in [1.165, 1.54) is 31.3 Å². The fraction of sp³-hybridized carbons (Fsp3) is 0.500. The minimum absolute atomic E-state index is 0.0216. The molecule has 1 heterocycles. The van der Waals surface area contributed by atoms with Gasteiger partial charge in [-0.1, -0.05) is 17.7 Å². The second kappa shape index (κ2) is 8.48. The molecule has 0 atom stereocenters. The van der Waals surface area contributed by atoms with Crippen LogP contribution in [0.3, 0.4) is 0 Å². The molecule has 0 bridgehead atoms. The van der Waals surface area contributed by atoms with Crippen molar-refractivity contribution >= 4 is 5.91 Å². The third kappa shape index (κ3) is 5.53. The van der Waals surface area contributed by atoms with Crippen LogP contribution in [0.5, 0.6) is 0 Å². The van der Waals surface area contributed by atoms with Crippen LogP contribution in [0.1, 0.15) is 37.8 Å². The molecule has 1 amide bonds. The Balaban J connectivity index is 1.55. The number of nitrogens with zero attached hydrogens (tertiary/aromatic N) is 1. The molecular formula is C16H23N3O. The summed E-state index contributed by atoms with van der Waals surface area (Å²) >= 11 is 0. The lowest BCUT2D eigenvalue weighted by Gasteiger charge is -2.12. The Morgan fingerprint density at radius 2 is 2.25 bits per heavy atom. The molecule has 0 aromatic carbocycles. The molecule has 108 valence electrons. The average molecular weight is 273 g/mol. The van der Waals surface area contributed by atoms with E-state index in [-0.39, 0.29) is 5.91 Å². The van der Waals surface area contributed by atoms with Gasteiger partial charge in [0.15, 0.2) is 0 Å². The van der Waals surface area contributed by atoms with Gasteiger partial charge < -0.3 is 10.6 Å². The van der Waals surface area contributed by atoms with E-state index in [1.54, 1.807) is 6.20 Å². The number of rotatable bonds is 7. The van der Waals surface area contributed by atoms with Gasteiger partial charge in [0.2, 0.25) is 5.91 Å². The van der Waals surface area contributed by atoms with Crippen LogP contribution >= 0.6 is 0 Å². The maximum atomic E-state index is 11.7. The number of aromatic nitrogens is 1. The van der Waals surface area contributed by atoms with E-state index in [4.69, 9.17) is 0 Å². The van der Waals surface area contributed by atoms with E-state index in [0.717, 1.165) is 18.7 Å². The summed E-state index contributed by atoms with van der Waals surface area (Å²) in [5.74, 6) is 0.0216. The fourth-order valence-electron chi connectivity index (χ4n) is 2.34. The van der Waals surface area contributed by atoms with Crippen molar-refractivity contribution in [2.75, 3.05) is 13.1 Å². The van der Waals surface area contributed by atoms with Gasteiger partial charge in [-0.3, -0.25) is 9.78 Å². The topological polar surface area (TPSA) is 54.0 Å². The van der Waals surface area contributed by atoms with Crippen LogP contribution in [0.15, 0.2) is 36.0 Å². The normalized spacial score (nSPS) is 14.7. The summed E-state index contributed by atoms with van der Waals surface area (Å²) in [4.78, 5) is 15.8. The van der Waals surface area contributed by atoms with Crippen LogP contribution in [0.2, 0.25) is 0 Å². The van der Waals surface area contributed by atoms with Gasteiger partial charge in [0.25, 0.3) is 0 Å². The van der Waals surface area contributed by atoms with Crippen LogP contribution in [-0.2, 0) is 11.3 Å². The molecule has 0 saturated heterocycles. The molecule has 1 aliphatic carbocycles. The number of nitrogens with one attached hydrogen (secondary N) is 2. The first-order valence-electron chi connectivity index (χ1n) is 7.40. The third-order valence-corrected chi connectivity index (χ3v) is 3.49. The molecule has 2 N–H and O–H groups in total. The zero-order valence-corrected chi connectivity index (χ0v) is 11.9. The smallest absolute Gasteiger partial charge is 0.234 e. The summed E-state index contributed by atoms with van der Waals surface area (Å²) in [6.45, 7) is 1.75. The summed E-state index contributed by atoms with van der Waals surface area (Å²) in [7, 11) is 0. The van der Waals surface area contributed by atoms with Gasteiger partial charge in [0, 0.05) is 6.20 Å². The van der Waals surface area contributed by atoms with Gasteiger partial charge in [-0.2, -0.15) is 0 Å². The molecule has 1 aliphatic rings. The molecule has 2 rings (SSSR count). The number of hydrogen-bond donors (Lipinski definition) is 2. The summed E-state index contributed by atoms with van der Waals surface area (Å²) in [6, 6.07) is 5.70. The minimum Gasteiger partial charge on any atom is -0.349 e. The highest BCUT2D eigenvalue weighted by Gasteiger charge is 2.04. The molecule has 0 unspecified atom stereocenters. The summed E-state index contributed by atoms with van der Waals surface area (Å²) in [5.41, 5.74) is 2.42. The van der Waals surface area contributed by atoms with Gasteiger partial charge in [0.05, 0.1) is 18.8 Å². The Morgan fingerprint density at radius 3 is 3.00 bits per heavy atom. The second-order valence-electron chi connectivity index (χ2n) is 5.13. The Bertz CT molecular complexity index is 442. The summed E-state index contributed by atoms with van der Waals surface area (Å²) in [5, 5.41) is 6.05. The minimum atomic E-state index is 0.0216. The Hall–Kier alpha value is -1.68. The first-order chi connectivity index (χ1) is 9.84. The summed E-state index contributed by atoms with van der Waals surface area (Å²) in [6.07, 6.45) is 10.2. The lowest BCUT2D eigenvalue weighted by Crippen LogP contribution is -2.34. The van der Waals surface area contributed by atoms with Crippen molar-refractivity contribution in [3.8, 4) is 0 Å². The van der Waals surface area contributed by atoms with E-state index in [1.807, 2.05) is 18.2 Å². The zero-order valence-electron chi connectivity index (χ0n) is 11.9. The lowest BCUT2D eigenvalue weighted by molar-refractivity contribution is -0.120. The third-order valence-electron chi connectivity index (χ3n) is 3.49. The van der Waals surface area contributed by atoms with Crippen LogP contribution < -0.4 is 10.6 Å². The van der Waals surface area contributed by atoms with Crippen molar-refractivity contribution in [3.05, 3.63) is 41.7 Å². The predicted molar refractivity (Wildman–Crippen MR) is 80.1 cm³/mol. The molecule has 4 nitrogen and oxygen atoms in total. The highest BCUT2D eigenvalue weighted by atomic mass is 16.1. The first-order valence-corrected chi connectivity index (χ1v) is 7.40. The maximum Gasteiger partial charge on any atom is 0.234 e. The van der Waals surface area contributed by atoms with Crippen LogP contribution in [-0.4, -0.2) is 24.0 Å². The van der Waals surface area contributed by atoms with Gasteiger partial charge in [-0.25, -0.2) is 0 Å². The van der Waals surface area contributed by atoms with Gasteiger partial charge in [0.1, 0.15) is 0 Å². The molecule has 0 aliphatic heterocycles. The van der Waals surface area contributed by atoms with Gasteiger partial charge >= 0.3 is 0 Å².